The molecule has 0 heterocycles. The van der Waals surface area contributed by atoms with Gasteiger partial charge in [-0.1, -0.05) is 216 Å². The molecular weight excluding hydrogens is 641 g/mol. The van der Waals surface area contributed by atoms with Gasteiger partial charge >= 0.3 is 0 Å². The predicted octanol–water partition coefficient (Wildman–Crippen LogP) is 12.3. The highest BCUT2D eigenvalue weighted by atomic mass is 28.3. The van der Waals surface area contributed by atoms with Crippen LogP contribution in [-0.4, -0.2) is 8.07 Å². The van der Waals surface area contributed by atoms with Crippen LogP contribution < -0.4 is 15.6 Å². The predicted molar refractivity (Wildman–Crippen MR) is 234 cm³/mol. The molecule has 0 saturated carbocycles. The summed E-state index contributed by atoms with van der Waals surface area (Å²) in [5.41, 5.74) is 11.5. The minimum atomic E-state index is -2.99. The van der Waals surface area contributed by atoms with Gasteiger partial charge in [0.2, 0.25) is 0 Å². The van der Waals surface area contributed by atoms with Crippen LogP contribution in [0.5, 0.6) is 0 Å². The highest BCUT2D eigenvalue weighted by Gasteiger charge is 2.50. The van der Waals surface area contributed by atoms with Gasteiger partial charge in [0, 0.05) is 5.54 Å². The largest absolute Gasteiger partial charge is 0.159 e. The Morgan fingerprint density at radius 1 is 0.365 bits per heavy atom. The molecule has 1 heteroatoms. The van der Waals surface area contributed by atoms with Crippen LogP contribution in [0.3, 0.4) is 0 Å². The summed E-state index contributed by atoms with van der Waals surface area (Å²) >= 11 is 0. The van der Waals surface area contributed by atoms with E-state index in [-0.39, 0.29) is 38.0 Å². The SMILES string of the molecule is CC(C)(C)c1cc(C(C)(C)C)cc([Si](c2cc(C(C)(C)C)cc(C(C)(C)C)c2)(c2cc(C(C)(C)C)cc(C(C)(C)C)c2)C2C=Cc3ccccc32)c1. The van der Waals surface area contributed by atoms with E-state index >= 15 is 0 Å². The zero-order valence-electron chi connectivity index (χ0n) is 36.2. The number of allylic oxidation sites excluding steroid dienone is 1. The Morgan fingerprint density at radius 2 is 0.635 bits per heavy atom. The molecule has 0 aromatic heterocycles. The molecule has 278 valence electrons. The second-order valence-corrected chi connectivity index (χ2v) is 26.1. The van der Waals surface area contributed by atoms with Gasteiger partial charge in [-0.15, -0.1) is 0 Å². The fraction of sp³-hybridized carbons (Fsp3) is 0.490. The van der Waals surface area contributed by atoms with E-state index in [1.54, 1.807) is 0 Å². The number of hydrogen-bond acceptors (Lipinski definition) is 0. The lowest BCUT2D eigenvalue weighted by Crippen LogP contribution is -2.71. The van der Waals surface area contributed by atoms with Crippen molar-refractivity contribution in [2.75, 3.05) is 0 Å². The lowest BCUT2D eigenvalue weighted by molar-refractivity contribution is 0.569. The molecule has 0 fully saturated rings. The summed E-state index contributed by atoms with van der Waals surface area (Å²) in [5, 5.41) is 4.56. The van der Waals surface area contributed by atoms with E-state index in [0.29, 0.717) is 0 Å². The molecule has 0 aliphatic heterocycles. The average Bonchev–Trinajstić information content (AvgIpc) is 3.43. The molecule has 0 N–H and O–H groups in total. The van der Waals surface area contributed by atoms with Crippen molar-refractivity contribution in [2.45, 2.75) is 163 Å². The molecular formula is C51H70Si. The van der Waals surface area contributed by atoms with Gasteiger partial charge in [0.15, 0.2) is 8.07 Å². The normalized spacial score (nSPS) is 16.0. The van der Waals surface area contributed by atoms with Crippen LogP contribution in [0.15, 0.2) is 84.9 Å². The lowest BCUT2D eigenvalue weighted by Gasteiger charge is -2.43. The molecule has 1 atom stereocenters. The van der Waals surface area contributed by atoms with Crippen LogP contribution in [-0.2, 0) is 32.5 Å². The number of fused-ring (bicyclic) bond motifs is 1. The Hall–Kier alpha value is -3.16. The molecule has 0 spiro atoms. The van der Waals surface area contributed by atoms with E-state index in [4.69, 9.17) is 0 Å². The van der Waals surface area contributed by atoms with Crippen molar-refractivity contribution in [3.8, 4) is 0 Å². The first-order valence-electron chi connectivity index (χ1n) is 19.8. The summed E-state index contributed by atoms with van der Waals surface area (Å²) in [5.74, 6) is 0. The van der Waals surface area contributed by atoms with Gasteiger partial charge in [0.25, 0.3) is 0 Å². The van der Waals surface area contributed by atoms with E-state index in [9.17, 15) is 0 Å². The molecule has 4 aromatic rings. The average molecular weight is 711 g/mol. The second kappa shape index (κ2) is 13.0. The minimum Gasteiger partial charge on any atom is -0.0781 e. The summed E-state index contributed by atoms with van der Waals surface area (Å²) in [6, 6.07) is 32.7. The first-order valence-corrected chi connectivity index (χ1v) is 21.9. The second-order valence-electron chi connectivity index (χ2n) is 22.2. The van der Waals surface area contributed by atoms with Crippen LogP contribution in [0.4, 0.5) is 0 Å². The zero-order chi connectivity index (χ0) is 39.0. The molecule has 1 aliphatic rings. The fourth-order valence-corrected chi connectivity index (χ4v) is 13.3. The van der Waals surface area contributed by atoms with E-state index in [2.05, 4.69) is 216 Å². The Kier molecular flexibility index (Phi) is 10.0. The molecule has 0 bridgehead atoms. The van der Waals surface area contributed by atoms with E-state index in [0.717, 1.165) is 0 Å². The lowest BCUT2D eigenvalue weighted by atomic mass is 9.80. The van der Waals surface area contributed by atoms with Gasteiger partial charge in [0.1, 0.15) is 0 Å². The Balaban J connectivity index is 2.16. The van der Waals surface area contributed by atoms with Crippen molar-refractivity contribution >= 4 is 29.7 Å². The Bertz CT molecular complexity index is 1690. The van der Waals surface area contributed by atoms with Crippen LogP contribution >= 0.6 is 0 Å². The van der Waals surface area contributed by atoms with Crippen LogP contribution in [0.25, 0.3) is 6.08 Å². The molecule has 5 rings (SSSR count). The Labute approximate surface area is 320 Å². The molecule has 0 saturated heterocycles. The minimum absolute atomic E-state index is 0.00672. The fourth-order valence-electron chi connectivity index (χ4n) is 7.83. The summed E-state index contributed by atoms with van der Waals surface area (Å²) in [6.45, 7) is 43.0. The van der Waals surface area contributed by atoms with Crippen molar-refractivity contribution < 1.29 is 0 Å². The summed E-state index contributed by atoms with van der Waals surface area (Å²) in [4.78, 5) is 0. The van der Waals surface area contributed by atoms with Gasteiger partial charge in [0.05, 0.1) is 0 Å². The van der Waals surface area contributed by atoms with E-state index in [1.807, 2.05) is 0 Å². The smallest absolute Gasteiger partial charge is 0.0781 e. The maximum absolute atomic E-state index is 2.99. The summed E-state index contributed by atoms with van der Waals surface area (Å²) in [7, 11) is -2.99. The monoisotopic (exact) mass is 711 g/mol. The van der Waals surface area contributed by atoms with Crippen molar-refractivity contribution in [1.82, 2.24) is 0 Å². The first kappa shape index (κ1) is 40.0. The number of hydrogen-bond donors (Lipinski definition) is 0. The third-order valence-corrected chi connectivity index (χ3v) is 16.7. The topological polar surface area (TPSA) is 0 Å². The first-order chi connectivity index (χ1) is 23.5. The van der Waals surface area contributed by atoms with Crippen molar-refractivity contribution in [3.63, 3.8) is 0 Å². The van der Waals surface area contributed by atoms with Crippen molar-refractivity contribution in [1.29, 1.82) is 0 Å². The van der Waals surface area contributed by atoms with Gasteiger partial charge in [-0.2, -0.15) is 0 Å². The molecule has 0 amide bonds. The summed E-state index contributed by atoms with van der Waals surface area (Å²) < 4.78 is 0. The molecule has 0 radical (unpaired) electrons. The van der Waals surface area contributed by atoms with Gasteiger partial charge in [-0.25, -0.2) is 0 Å². The van der Waals surface area contributed by atoms with Gasteiger partial charge < -0.3 is 0 Å². The maximum atomic E-state index is 2.65. The third-order valence-electron chi connectivity index (χ3n) is 11.6. The number of rotatable bonds is 4. The Morgan fingerprint density at radius 3 is 0.904 bits per heavy atom. The molecule has 0 nitrogen and oxygen atoms in total. The molecule has 1 unspecified atom stereocenters. The van der Waals surface area contributed by atoms with Crippen molar-refractivity contribution in [2.24, 2.45) is 0 Å². The molecule has 52 heavy (non-hydrogen) atoms. The highest BCUT2D eigenvalue weighted by molar-refractivity contribution is 7.12. The molecule has 1 aliphatic carbocycles. The van der Waals surface area contributed by atoms with Crippen LogP contribution in [0.2, 0.25) is 0 Å². The van der Waals surface area contributed by atoms with Crippen molar-refractivity contribution in [3.05, 3.63) is 129 Å². The molecule has 4 aromatic carbocycles. The highest BCUT2D eigenvalue weighted by Crippen LogP contribution is 2.41. The van der Waals surface area contributed by atoms with Crippen LogP contribution in [0.1, 0.15) is 175 Å². The zero-order valence-corrected chi connectivity index (χ0v) is 37.2. The number of benzene rings is 4. The van der Waals surface area contributed by atoms with Crippen LogP contribution in [0, 0.1) is 0 Å². The summed E-state index contributed by atoms with van der Waals surface area (Å²) in [6.07, 6.45) is 5.02. The maximum Gasteiger partial charge on any atom is 0.159 e. The quantitative estimate of drug-likeness (QED) is 0.146. The van der Waals surface area contributed by atoms with Gasteiger partial charge in [-0.05, 0) is 92.6 Å². The standard InChI is InChI=1S/C51H70Si/c1-46(2,3)35-25-36(47(4,5)6)29-41(28-35)52(45-24-23-34-21-19-20-22-44(34)45,42-30-37(48(7,8)9)26-38(31-42)49(10,11)12)43-32-39(50(13,14)15)27-40(33-43)51(16,17)18/h19-33,45H,1-18H3. The third kappa shape index (κ3) is 7.73. The van der Waals surface area contributed by atoms with Gasteiger partial charge in [-0.3, -0.25) is 0 Å². The van der Waals surface area contributed by atoms with E-state index in [1.165, 1.54) is 60.1 Å². The van der Waals surface area contributed by atoms with E-state index < -0.39 is 8.07 Å².